The molecule has 3 atom stereocenters. The second kappa shape index (κ2) is 6.49. The summed E-state index contributed by atoms with van der Waals surface area (Å²) in [4.78, 5) is 0. The Morgan fingerprint density at radius 1 is 1.27 bits per heavy atom. The lowest BCUT2D eigenvalue weighted by Gasteiger charge is -2.37. The molecule has 0 amide bonds. The molecular weight excluding hydrogens is 184 g/mol. The van der Waals surface area contributed by atoms with Crippen molar-refractivity contribution >= 4 is 0 Å². The summed E-state index contributed by atoms with van der Waals surface area (Å²) >= 11 is 0. The summed E-state index contributed by atoms with van der Waals surface area (Å²) in [7, 11) is 0. The SMILES string of the molecule is CCC(CC)C(NN)C1CCCC(C)C1. The van der Waals surface area contributed by atoms with Crippen molar-refractivity contribution in [2.24, 2.45) is 23.6 Å². The number of hydrogen-bond donors (Lipinski definition) is 2. The second-order valence-electron chi connectivity index (χ2n) is 5.30. The van der Waals surface area contributed by atoms with Crippen LogP contribution in [0.3, 0.4) is 0 Å². The predicted octanol–water partition coefficient (Wildman–Crippen LogP) is 3.08. The standard InChI is InChI=1S/C13H28N2/c1-4-11(5-2)13(15-14)12-8-6-7-10(3)9-12/h10-13,15H,4-9,14H2,1-3H3. The van der Waals surface area contributed by atoms with Gasteiger partial charge in [0, 0.05) is 6.04 Å². The van der Waals surface area contributed by atoms with Crippen molar-refractivity contribution in [1.29, 1.82) is 0 Å². The van der Waals surface area contributed by atoms with Crippen molar-refractivity contribution in [3.8, 4) is 0 Å². The van der Waals surface area contributed by atoms with Crippen LogP contribution in [0.15, 0.2) is 0 Å². The summed E-state index contributed by atoms with van der Waals surface area (Å²) < 4.78 is 0. The first-order valence-electron chi connectivity index (χ1n) is 6.69. The molecule has 0 bridgehead atoms. The first kappa shape index (κ1) is 13.0. The molecule has 0 aliphatic heterocycles. The Balaban J connectivity index is 2.55. The third-order valence-electron chi connectivity index (χ3n) is 4.23. The van der Waals surface area contributed by atoms with Gasteiger partial charge in [-0.1, -0.05) is 46.5 Å². The van der Waals surface area contributed by atoms with Crippen LogP contribution >= 0.6 is 0 Å². The molecule has 0 saturated heterocycles. The summed E-state index contributed by atoms with van der Waals surface area (Å²) in [5.41, 5.74) is 3.09. The molecular formula is C13H28N2. The van der Waals surface area contributed by atoms with Gasteiger partial charge in [-0.3, -0.25) is 11.3 Å². The Hall–Kier alpha value is -0.0800. The number of hydrogen-bond acceptors (Lipinski definition) is 2. The van der Waals surface area contributed by atoms with Gasteiger partial charge in [-0.05, 0) is 30.6 Å². The van der Waals surface area contributed by atoms with Crippen LogP contribution in [0.1, 0.15) is 59.3 Å². The number of hydrazine groups is 1. The Morgan fingerprint density at radius 3 is 2.40 bits per heavy atom. The lowest BCUT2D eigenvalue weighted by Crippen LogP contribution is -2.47. The topological polar surface area (TPSA) is 38.0 Å². The lowest BCUT2D eigenvalue weighted by atomic mass is 9.74. The fourth-order valence-corrected chi connectivity index (χ4v) is 3.26. The lowest BCUT2D eigenvalue weighted by molar-refractivity contribution is 0.171. The molecule has 2 heteroatoms. The minimum Gasteiger partial charge on any atom is -0.271 e. The molecule has 0 spiro atoms. The van der Waals surface area contributed by atoms with Gasteiger partial charge in [0.2, 0.25) is 0 Å². The van der Waals surface area contributed by atoms with Gasteiger partial charge in [-0.15, -0.1) is 0 Å². The van der Waals surface area contributed by atoms with E-state index in [4.69, 9.17) is 5.84 Å². The molecule has 90 valence electrons. The molecule has 0 heterocycles. The van der Waals surface area contributed by atoms with E-state index < -0.39 is 0 Å². The molecule has 0 aromatic rings. The smallest absolute Gasteiger partial charge is 0.0266 e. The van der Waals surface area contributed by atoms with Crippen molar-refractivity contribution in [2.45, 2.75) is 65.3 Å². The van der Waals surface area contributed by atoms with Crippen molar-refractivity contribution in [3.05, 3.63) is 0 Å². The van der Waals surface area contributed by atoms with Crippen LogP contribution in [0.2, 0.25) is 0 Å². The number of rotatable bonds is 5. The third kappa shape index (κ3) is 3.46. The maximum absolute atomic E-state index is 5.75. The Kier molecular flexibility index (Phi) is 5.62. The predicted molar refractivity (Wildman–Crippen MR) is 66.3 cm³/mol. The van der Waals surface area contributed by atoms with Crippen LogP contribution < -0.4 is 11.3 Å². The number of nitrogens with two attached hydrogens (primary N) is 1. The zero-order valence-electron chi connectivity index (χ0n) is 10.6. The van der Waals surface area contributed by atoms with Gasteiger partial charge in [-0.2, -0.15) is 0 Å². The van der Waals surface area contributed by atoms with E-state index in [0.717, 1.165) is 17.8 Å². The summed E-state index contributed by atoms with van der Waals surface area (Å²) in [5, 5.41) is 0. The largest absolute Gasteiger partial charge is 0.271 e. The zero-order valence-corrected chi connectivity index (χ0v) is 10.6. The molecule has 0 aromatic carbocycles. The Morgan fingerprint density at radius 2 is 1.93 bits per heavy atom. The van der Waals surface area contributed by atoms with Crippen LogP contribution in [-0.2, 0) is 0 Å². The average Bonchev–Trinajstić information content (AvgIpc) is 2.25. The molecule has 0 aromatic heterocycles. The average molecular weight is 212 g/mol. The van der Waals surface area contributed by atoms with E-state index in [1.165, 1.54) is 38.5 Å². The van der Waals surface area contributed by atoms with Crippen molar-refractivity contribution in [1.82, 2.24) is 5.43 Å². The van der Waals surface area contributed by atoms with Crippen LogP contribution in [0.5, 0.6) is 0 Å². The molecule has 1 fully saturated rings. The van der Waals surface area contributed by atoms with E-state index in [2.05, 4.69) is 26.2 Å². The quantitative estimate of drug-likeness (QED) is 0.543. The van der Waals surface area contributed by atoms with Gasteiger partial charge in [0.1, 0.15) is 0 Å². The van der Waals surface area contributed by atoms with Gasteiger partial charge < -0.3 is 0 Å². The van der Waals surface area contributed by atoms with E-state index >= 15 is 0 Å². The molecule has 3 unspecified atom stereocenters. The fraction of sp³-hybridized carbons (Fsp3) is 1.00. The highest BCUT2D eigenvalue weighted by Crippen LogP contribution is 2.34. The molecule has 1 aliphatic rings. The van der Waals surface area contributed by atoms with Crippen LogP contribution in [0.4, 0.5) is 0 Å². The number of nitrogens with one attached hydrogen (secondary N) is 1. The van der Waals surface area contributed by atoms with E-state index in [0.29, 0.717) is 6.04 Å². The van der Waals surface area contributed by atoms with Crippen molar-refractivity contribution < 1.29 is 0 Å². The summed E-state index contributed by atoms with van der Waals surface area (Å²) in [6.07, 6.45) is 8.04. The molecule has 1 rings (SSSR count). The second-order valence-corrected chi connectivity index (χ2v) is 5.30. The van der Waals surface area contributed by atoms with Gasteiger partial charge in [0.15, 0.2) is 0 Å². The molecule has 0 radical (unpaired) electrons. The third-order valence-corrected chi connectivity index (χ3v) is 4.23. The first-order chi connectivity index (χ1) is 7.22. The van der Waals surface area contributed by atoms with Gasteiger partial charge >= 0.3 is 0 Å². The van der Waals surface area contributed by atoms with Gasteiger partial charge in [-0.25, -0.2) is 0 Å². The highest BCUT2D eigenvalue weighted by atomic mass is 15.2. The fourth-order valence-electron chi connectivity index (χ4n) is 3.26. The van der Waals surface area contributed by atoms with E-state index in [-0.39, 0.29) is 0 Å². The summed E-state index contributed by atoms with van der Waals surface area (Å²) in [5.74, 6) is 8.21. The Bertz CT molecular complexity index is 166. The maximum atomic E-state index is 5.75. The summed E-state index contributed by atoms with van der Waals surface area (Å²) in [6.45, 7) is 6.95. The normalized spacial score (nSPS) is 29.4. The van der Waals surface area contributed by atoms with Gasteiger partial charge in [0.05, 0.1) is 0 Å². The van der Waals surface area contributed by atoms with Crippen molar-refractivity contribution in [3.63, 3.8) is 0 Å². The van der Waals surface area contributed by atoms with E-state index in [9.17, 15) is 0 Å². The van der Waals surface area contributed by atoms with Crippen LogP contribution in [0.25, 0.3) is 0 Å². The van der Waals surface area contributed by atoms with E-state index in [1.54, 1.807) is 0 Å². The van der Waals surface area contributed by atoms with E-state index in [1.807, 2.05) is 0 Å². The maximum Gasteiger partial charge on any atom is 0.0266 e. The molecule has 1 saturated carbocycles. The monoisotopic (exact) mass is 212 g/mol. The summed E-state index contributed by atoms with van der Waals surface area (Å²) in [6, 6.07) is 0.544. The van der Waals surface area contributed by atoms with Crippen LogP contribution in [0, 0.1) is 17.8 Å². The minimum absolute atomic E-state index is 0.544. The van der Waals surface area contributed by atoms with Crippen LogP contribution in [-0.4, -0.2) is 6.04 Å². The molecule has 1 aliphatic carbocycles. The Labute approximate surface area is 95.0 Å². The molecule has 15 heavy (non-hydrogen) atoms. The molecule has 3 N–H and O–H groups in total. The molecule has 2 nitrogen and oxygen atoms in total. The van der Waals surface area contributed by atoms with Crippen molar-refractivity contribution in [2.75, 3.05) is 0 Å². The highest BCUT2D eigenvalue weighted by Gasteiger charge is 2.29. The minimum atomic E-state index is 0.544. The highest BCUT2D eigenvalue weighted by molar-refractivity contribution is 4.84. The van der Waals surface area contributed by atoms with Gasteiger partial charge in [0.25, 0.3) is 0 Å². The zero-order chi connectivity index (χ0) is 11.3. The first-order valence-corrected chi connectivity index (χ1v) is 6.69.